The molecule has 4 nitrogen and oxygen atoms in total. The Morgan fingerprint density at radius 2 is 2.33 bits per heavy atom. The van der Waals surface area contributed by atoms with E-state index in [4.69, 9.17) is 5.11 Å². The first kappa shape index (κ1) is 9.89. The highest BCUT2D eigenvalue weighted by molar-refractivity contribution is 5.88. The molecule has 1 aromatic heterocycles. The summed E-state index contributed by atoms with van der Waals surface area (Å²) in [6.45, 7) is 0. The average Bonchev–Trinajstić information content (AvgIpc) is 2.13. The van der Waals surface area contributed by atoms with Crippen molar-refractivity contribution < 1.29 is 14.3 Å². The van der Waals surface area contributed by atoms with Gasteiger partial charge in [0.1, 0.15) is 5.56 Å². The maximum Gasteiger partial charge on any atom is 0.338 e. The number of halogens is 1. The molecule has 0 aromatic carbocycles. The first-order chi connectivity index (χ1) is 7.18. The molecular formula is C10H11FN2O2. The fourth-order valence-corrected chi connectivity index (χ4v) is 1.46. The summed E-state index contributed by atoms with van der Waals surface area (Å²) in [7, 11) is 0. The van der Waals surface area contributed by atoms with Crippen molar-refractivity contribution in [2.24, 2.45) is 0 Å². The van der Waals surface area contributed by atoms with Crippen LogP contribution in [-0.2, 0) is 0 Å². The molecule has 0 radical (unpaired) electrons. The number of nitrogens with one attached hydrogen (secondary N) is 1. The molecule has 0 atom stereocenters. The van der Waals surface area contributed by atoms with Gasteiger partial charge in [-0.05, 0) is 25.3 Å². The van der Waals surface area contributed by atoms with E-state index >= 15 is 0 Å². The topological polar surface area (TPSA) is 62.2 Å². The van der Waals surface area contributed by atoms with Crippen LogP contribution in [0.25, 0.3) is 0 Å². The second-order valence-corrected chi connectivity index (χ2v) is 3.60. The Hall–Kier alpha value is -1.65. The Labute approximate surface area is 86.1 Å². The van der Waals surface area contributed by atoms with E-state index in [-0.39, 0.29) is 17.4 Å². The lowest BCUT2D eigenvalue weighted by Gasteiger charge is -2.27. The molecule has 1 aromatic rings. The predicted octanol–water partition coefficient (Wildman–Crippen LogP) is 1.88. The molecule has 1 aliphatic rings. The highest BCUT2D eigenvalue weighted by atomic mass is 19.1. The van der Waals surface area contributed by atoms with Gasteiger partial charge in [-0.2, -0.15) is 0 Å². The largest absolute Gasteiger partial charge is 0.478 e. The summed E-state index contributed by atoms with van der Waals surface area (Å²) in [5.41, 5.74) is -0.341. The Kier molecular flexibility index (Phi) is 2.53. The van der Waals surface area contributed by atoms with Crippen molar-refractivity contribution in [2.45, 2.75) is 25.3 Å². The molecule has 0 spiro atoms. The van der Waals surface area contributed by atoms with Crippen molar-refractivity contribution in [3.8, 4) is 0 Å². The SMILES string of the molecule is O=C(O)c1ccnc(NC2CCC2)c1F. The van der Waals surface area contributed by atoms with Crippen LogP contribution in [0.5, 0.6) is 0 Å². The number of hydrogen-bond acceptors (Lipinski definition) is 3. The van der Waals surface area contributed by atoms with Gasteiger partial charge in [-0.15, -0.1) is 0 Å². The number of aromatic carboxylic acids is 1. The molecule has 2 rings (SSSR count). The number of nitrogens with zero attached hydrogens (tertiary/aromatic N) is 1. The summed E-state index contributed by atoms with van der Waals surface area (Å²) in [6.07, 6.45) is 4.39. The Morgan fingerprint density at radius 1 is 1.60 bits per heavy atom. The molecule has 1 saturated carbocycles. The number of carbonyl (C=O) groups is 1. The van der Waals surface area contributed by atoms with Crippen molar-refractivity contribution in [3.63, 3.8) is 0 Å². The van der Waals surface area contributed by atoms with Crippen LogP contribution in [0.15, 0.2) is 12.3 Å². The van der Waals surface area contributed by atoms with Crippen LogP contribution in [0.3, 0.4) is 0 Å². The van der Waals surface area contributed by atoms with Gasteiger partial charge < -0.3 is 10.4 Å². The predicted molar refractivity (Wildman–Crippen MR) is 52.4 cm³/mol. The number of pyridine rings is 1. The van der Waals surface area contributed by atoms with Crippen molar-refractivity contribution >= 4 is 11.8 Å². The van der Waals surface area contributed by atoms with Gasteiger partial charge in [0.15, 0.2) is 11.6 Å². The van der Waals surface area contributed by atoms with E-state index in [1.165, 1.54) is 6.20 Å². The normalized spacial score (nSPS) is 15.8. The molecule has 0 amide bonds. The molecule has 1 fully saturated rings. The van der Waals surface area contributed by atoms with Crippen LogP contribution in [0.4, 0.5) is 10.2 Å². The highest BCUT2D eigenvalue weighted by Crippen LogP contribution is 2.24. The van der Waals surface area contributed by atoms with Crippen molar-refractivity contribution in [2.75, 3.05) is 5.32 Å². The standard InChI is InChI=1S/C10H11FN2O2/c11-8-7(10(14)15)4-5-12-9(8)13-6-2-1-3-6/h4-6H,1-3H2,(H,12,13)(H,14,15). The van der Waals surface area contributed by atoms with Crippen molar-refractivity contribution in [1.82, 2.24) is 4.98 Å². The number of hydrogen-bond donors (Lipinski definition) is 2. The van der Waals surface area contributed by atoms with E-state index in [0.29, 0.717) is 0 Å². The number of carboxylic acid groups (broad SMARTS) is 1. The Balaban J connectivity index is 2.22. The number of rotatable bonds is 3. The zero-order chi connectivity index (χ0) is 10.8. The Bertz CT molecular complexity index is 391. The average molecular weight is 210 g/mol. The van der Waals surface area contributed by atoms with E-state index < -0.39 is 11.8 Å². The van der Waals surface area contributed by atoms with Gasteiger partial charge in [-0.1, -0.05) is 0 Å². The van der Waals surface area contributed by atoms with E-state index in [2.05, 4.69) is 10.3 Å². The summed E-state index contributed by atoms with van der Waals surface area (Å²) in [4.78, 5) is 14.4. The molecule has 0 bridgehead atoms. The third-order valence-corrected chi connectivity index (χ3v) is 2.57. The molecule has 0 aliphatic heterocycles. The maximum atomic E-state index is 13.5. The van der Waals surface area contributed by atoms with Gasteiger partial charge in [0.25, 0.3) is 0 Å². The van der Waals surface area contributed by atoms with Crippen molar-refractivity contribution in [3.05, 3.63) is 23.6 Å². The number of carboxylic acids is 1. The summed E-state index contributed by atoms with van der Waals surface area (Å²) in [5, 5.41) is 11.6. The molecule has 2 N–H and O–H groups in total. The number of anilines is 1. The van der Waals surface area contributed by atoms with E-state index in [0.717, 1.165) is 25.3 Å². The van der Waals surface area contributed by atoms with Gasteiger partial charge in [-0.25, -0.2) is 14.2 Å². The molecule has 80 valence electrons. The quantitative estimate of drug-likeness (QED) is 0.799. The van der Waals surface area contributed by atoms with Crippen LogP contribution in [0, 0.1) is 5.82 Å². The molecule has 0 saturated heterocycles. The number of aromatic nitrogens is 1. The first-order valence-electron chi connectivity index (χ1n) is 4.83. The second-order valence-electron chi connectivity index (χ2n) is 3.60. The molecule has 0 unspecified atom stereocenters. The minimum Gasteiger partial charge on any atom is -0.478 e. The maximum absolute atomic E-state index is 13.5. The van der Waals surface area contributed by atoms with Crippen LogP contribution in [-0.4, -0.2) is 22.1 Å². The van der Waals surface area contributed by atoms with Crippen LogP contribution in [0.2, 0.25) is 0 Å². The van der Waals surface area contributed by atoms with Crippen molar-refractivity contribution in [1.29, 1.82) is 0 Å². The monoisotopic (exact) mass is 210 g/mol. The zero-order valence-corrected chi connectivity index (χ0v) is 8.03. The fourth-order valence-electron chi connectivity index (χ4n) is 1.46. The van der Waals surface area contributed by atoms with Crippen LogP contribution >= 0.6 is 0 Å². The summed E-state index contributed by atoms with van der Waals surface area (Å²) >= 11 is 0. The Morgan fingerprint density at radius 3 is 2.87 bits per heavy atom. The summed E-state index contributed by atoms with van der Waals surface area (Å²) < 4.78 is 13.5. The fraction of sp³-hybridized carbons (Fsp3) is 0.400. The lowest BCUT2D eigenvalue weighted by atomic mass is 9.93. The smallest absolute Gasteiger partial charge is 0.338 e. The second kappa shape index (κ2) is 3.84. The third kappa shape index (κ3) is 1.91. The van der Waals surface area contributed by atoms with Gasteiger partial charge in [-0.3, -0.25) is 0 Å². The molecule has 15 heavy (non-hydrogen) atoms. The van der Waals surface area contributed by atoms with Gasteiger partial charge in [0, 0.05) is 12.2 Å². The van der Waals surface area contributed by atoms with Gasteiger partial charge in [0.05, 0.1) is 0 Å². The molecule has 1 heterocycles. The third-order valence-electron chi connectivity index (χ3n) is 2.57. The minimum atomic E-state index is -1.27. The molecule has 5 heteroatoms. The van der Waals surface area contributed by atoms with E-state index in [1.807, 2.05) is 0 Å². The summed E-state index contributed by atoms with van der Waals surface area (Å²) in [5.74, 6) is -2.01. The van der Waals surface area contributed by atoms with E-state index in [1.54, 1.807) is 0 Å². The molecule has 1 aliphatic carbocycles. The highest BCUT2D eigenvalue weighted by Gasteiger charge is 2.21. The first-order valence-corrected chi connectivity index (χ1v) is 4.83. The lowest BCUT2D eigenvalue weighted by molar-refractivity contribution is 0.0692. The lowest BCUT2D eigenvalue weighted by Crippen LogP contribution is -2.28. The zero-order valence-electron chi connectivity index (χ0n) is 8.03. The van der Waals surface area contributed by atoms with Gasteiger partial charge in [0.2, 0.25) is 0 Å². The van der Waals surface area contributed by atoms with Crippen LogP contribution in [0.1, 0.15) is 29.6 Å². The minimum absolute atomic E-state index is 0.0413. The van der Waals surface area contributed by atoms with E-state index in [9.17, 15) is 9.18 Å². The molecular weight excluding hydrogens is 199 g/mol. The van der Waals surface area contributed by atoms with Crippen LogP contribution < -0.4 is 5.32 Å². The van der Waals surface area contributed by atoms with Gasteiger partial charge >= 0.3 is 5.97 Å². The summed E-state index contributed by atoms with van der Waals surface area (Å²) in [6, 6.07) is 1.39.